The van der Waals surface area contributed by atoms with Crippen LogP contribution in [-0.2, 0) is 4.79 Å². The normalized spacial score (nSPS) is 18.5. The molecule has 0 saturated carbocycles. The molecule has 1 amide bonds. The zero-order valence-corrected chi connectivity index (χ0v) is 11.0. The first-order chi connectivity index (χ1) is 7.65. The number of nitrogens with zero attached hydrogens (tertiary/aromatic N) is 1. The Kier molecular flexibility index (Phi) is 5.81. The summed E-state index contributed by atoms with van der Waals surface area (Å²) in [6, 6.07) is 0.453. The van der Waals surface area contributed by atoms with Gasteiger partial charge in [-0.15, -0.1) is 0 Å². The van der Waals surface area contributed by atoms with Crippen molar-refractivity contribution in [2.24, 2.45) is 5.92 Å². The summed E-state index contributed by atoms with van der Waals surface area (Å²) in [4.78, 5) is 13.7. The topological polar surface area (TPSA) is 32.3 Å². The molecule has 1 saturated heterocycles. The largest absolute Gasteiger partial charge is 0.340 e. The molecule has 94 valence electrons. The summed E-state index contributed by atoms with van der Waals surface area (Å²) in [5.41, 5.74) is 0. The maximum absolute atomic E-state index is 11.6. The van der Waals surface area contributed by atoms with Crippen LogP contribution < -0.4 is 5.32 Å². The Morgan fingerprint density at radius 1 is 1.44 bits per heavy atom. The average Bonchev–Trinajstić information content (AvgIpc) is 2.65. The van der Waals surface area contributed by atoms with Crippen LogP contribution in [0.25, 0.3) is 0 Å². The maximum Gasteiger partial charge on any atom is 0.222 e. The lowest BCUT2D eigenvalue weighted by Crippen LogP contribution is -2.38. The third-order valence-electron chi connectivity index (χ3n) is 3.23. The van der Waals surface area contributed by atoms with Crippen molar-refractivity contribution in [1.82, 2.24) is 10.2 Å². The molecule has 1 aliphatic heterocycles. The van der Waals surface area contributed by atoms with Crippen molar-refractivity contribution >= 4 is 5.91 Å². The van der Waals surface area contributed by atoms with E-state index in [4.69, 9.17) is 0 Å². The Hall–Kier alpha value is -0.570. The van der Waals surface area contributed by atoms with Crippen LogP contribution in [0.4, 0.5) is 0 Å². The van der Waals surface area contributed by atoms with Gasteiger partial charge in [0.25, 0.3) is 0 Å². The monoisotopic (exact) mass is 226 g/mol. The second-order valence-corrected chi connectivity index (χ2v) is 5.14. The molecule has 3 nitrogen and oxygen atoms in total. The standard InChI is InChI=1S/C13H26N2O/c1-4-12(7-8-14-10-11(2)3)15-9-5-6-13(15)16/h11-12,14H,4-10H2,1-3H3. The van der Waals surface area contributed by atoms with E-state index in [-0.39, 0.29) is 0 Å². The van der Waals surface area contributed by atoms with Gasteiger partial charge in [0.05, 0.1) is 0 Å². The van der Waals surface area contributed by atoms with E-state index in [1.807, 2.05) is 0 Å². The van der Waals surface area contributed by atoms with Gasteiger partial charge in [-0.1, -0.05) is 20.8 Å². The minimum Gasteiger partial charge on any atom is -0.340 e. The summed E-state index contributed by atoms with van der Waals surface area (Å²) in [7, 11) is 0. The molecule has 0 bridgehead atoms. The maximum atomic E-state index is 11.6. The number of amides is 1. The van der Waals surface area contributed by atoms with E-state index in [0.29, 0.717) is 17.9 Å². The summed E-state index contributed by atoms with van der Waals surface area (Å²) in [6.45, 7) is 9.69. The quantitative estimate of drug-likeness (QED) is 0.674. The van der Waals surface area contributed by atoms with Gasteiger partial charge < -0.3 is 10.2 Å². The van der Waals surface area contributed by atoms with Gasteiger partial charge in [-0.25, -0.2) is 0 Å². The fourth-order valence-corrected chi connectivity index (χ4v) is 2.29. The Morgan fingerprint density at radius 2 is 2.19 bits per heavy atom. The lowest BCUT2D eigenvalue weighted by Gasteiger charge is -2.27. The highest BCUT2D eigenvalue weighted by molar-refractivity contribution is 5.78. The Bertz CT molecular complexity index is 216. The second kappa shape index (κ2) is 6.89. The molecule has 1 fully saturated rings. The van der Waals surface area contributed by atoms with Gasteiger partial charge in [-0.05, 0) is 38.3 Å². The molecule has 1 aliphatic rings. The van der Waals surface area contributed by atoms with Crippen molar-refractivity contribution in [3.8, 4) is 0 Å². The van der Waals surface area contributed by atoms with Crippen molar-refractivity contribution < 1.29 is 4.79 Å². The van der Waals surface area contributed by atoms with Crippen LogP contribution >= 0.6 is 0 Å². The summed E-state index contributed by atoms with van der Waals surface area (Å²) in [5, 5.41) is 3.45. The SMILES string of the molecule is CCC(CCNCC(C)C)N1CCCC1=O. The van der Waals surface area contributed by atoms with Crippen LogP contribution in [0.3, 0.4) is 0 Å². The average molecular weight is 226 g/mol. The fraction of sp³-hybridized carbons (Fsp3) is 0.923. The highest BCUT2D eigenvalue weighted by Crippen LogP contribution is 2.17. The molecule has 1 atom stereocenters. The lowest BCUT2D eigenvalue weighted by atomic mass is 10.1. The molecule has 0 radical (unpaired) electrons. The van der Waals surface area contributed by atoms with Crippen molar-refractivity contribution in [2.45, 2.75) is 52.5 Å². The van der Waals surface area contributed by atoms with Crippen LogP contribution in [0.2, 0.25) is 0 Å². The molecule has 3 heteroatoms. The number of carbonyl (C=O) groups excluding carboxylic acids is 1. The van der Waals surface area contributed by atoms with Crippen LogP contribution in [0.5, 0.6) is 0 Å². The summed E-state index contributed by atoms with van der Waals surface area (Å²) < 4.78 is 0. The molecule has 0 aliphatic carbocycles. The van der Waals surface area contributed by atoms with E-state index in [2.05, 4.69) is 31.0 Å². The predicted octanol–water partition coefficient (Wildman–Crippen LogP) is 2.02. The van der Waals surface area contributed by atoms with Crippen LogP contribution in [-0.4, -0.2) is 36.5 Å². The molecule has 1 heterocycles. The van der Waals surface area contributed by atoms with Crippen molar-refractivity contribution in [3.05, 3.63) is 0 Å². The first-order valence-corrected chi connectivity index (χ1v) is 6.65. The van der Waals surface area contributed by atoms with Crippen LogP contribution in [0.15, 0.2) is 0 Å². The van der Waals surface area contributed by atoms with Crippen LogP contribution in [0, 0.1) is 5.92 Å². The first-order valence-electron chi connectivity index (χ1n) is 6.65. The van der Waals surface area contributed by atoms with Gasteiger partial charge in [0.15, 0.2) is 0 Å². The molecule has 0 aromatic heterocycles. The Morgan fingerprint density at radius 3 is 2.69 bits per heavy atom. The molecule has 0 aromatic rings. The van der Waals surface area contributed by atoms with Gasteiger partial charge in [-0.2, -0.15) is 0 Å². The molecule has 16 heavy (non-hydrogen) atoms. The molecule has 1 N–H and O–H groups in total. The Balaban J connectivity index is 2.23. The number of likely N-dealkylation sites (tertiary alicyclic amines) is 1. The van der Waals surface area contributed by atoms with Crippen molar-refractivity contribution in [2.75, 3.05) is 19.6 Å². The van der Waals surface area contributed by atoms with E-state index >= 15 is 0 Å². The minimum absolute atomic E-state index is 0.357. The number of hydrogen-bond acceptors (Lipinski definition) is 2. The lowest BCUT2D eigenvalue weighted by molar-refractivity contribution is -0.129. The van der Waals surface area contributed by atoms with Crippen molar-refractivity contribution in [1.29, 1.82) is 0 Å². The third kappa shape index (κ3) is 4.12. The number of nitrogens with one attached hydrogen (secondary N) is 1. The zero-order chi connectivity index (χ0) is 12.0. The van der Waals surface area contributed by atoms with Gasteiger partial charge in [-0.3, -0.25) is 4.79 Å². The van der Waals surface area contributed by atoms with Gasteiger partial charge >= 0.3 is 0 Å². The van der Waals surface area contributed by atoms with Gasteiger partial charge in [0.2, 0.25) is 5.91 Å². The number of rotatable bonds is 7. The zero-order valence-electron chi connectivity index (χ0n) is 11.0. The smallest absolute Gasteiger partial charge is 0.222 e. The third-order valence-corrected chi connectivity index (χ3v) is 3.23. The fourth-order valence-electron chi connectivity index (χ4n) is 2.29. The predicted molar refractivity (Wildman–Crippen MR) is 67.4 cm³/mol. The Labute approximate surface area is 99.6 Å². The highest BCUT2D eigenvalue weighted by atomic mass is 16.2. The van der Waals surface area contributed by atoms with E-state index in [1.54, 1.807) is 0 Å². The second-order valence-electron chi connectivity index (χ2n) is 5.14. The number of hydrogen-bond donors (Lipinski definition) is 1. The van der Waals surface area contributed by atoms with E-state index in [9.17, 15) is 4.79 Å². The molecular weight excluding hydrogens is 200 g/mol. The summed E-state index contributed by atoms with van der Waals surface area (Å²) in [6.07, 6.45) is 3.98. The van der Waals surface area contributed by atoms with Gasteiger partial charge in [0, 0.05) is 19.0 Å². The van der Waals surface area contributed by atoms with Crippen LogP contribution in [0.1, 0.15) is 46.5 Å². The minimum atomic E-state index is 0.357. The van der Waals surface area contributed by atoms with Crippen molar-refractivity contribution in [3.63, 3.8) is 0 Å². The molecule has 1 rings (SSSR count). The highest BCUT2D eigenvalue weighted by Gasteiger charge is 2.26. The van der Waals surface area contributed by atoms with Gasteiger partial charge in [0.1, 0.15) is 0 Å². The summed E-state index contributed by atoms with van der Waals surface area (Å²) >= 11 is 0. The molecular formula is C13H26N2O. The van der Waals surface area contributed by atoms with E-state index in [1.165, 1.54) is 0 Å². The molecule has 0 aromatic carbocycles. The molecule has 1 unspecified atom stereocenters. The van der Waals surface area contributed by atoms with E-state index < -0.39 is 0 Å². The summed E-state index contributed by atoms with van der Waals surface area (Å²) in [5.74, 6) is 1.06. The van der Waals surface area contributed by atoms with E-state index in [0.717, 1.165) is 45.3 Å². The number of carbonyl (C=O) groups is 1. The first kappa shape index (κ1) is 13.5. The molecule has 0 spiro atoms.